The second kappa shape index (κ2) is 6.68. The summed E-state index contributed by atoms with van der Waals surface area (Å²) >= 11 is 0. The highest BCUT2D eigenvalue weighted by Crippen LogP contribution is 2.28. The lowest BCUT2D eigenvalue weighted by Gasteiger charge is -2.22. The molecule has 1 fully saturated rings. The van der Waals surface area contributed by atoms with Crippen LogP contribution in [0.3, 0.4) is 0 Å². The molecule has 4 nitrogen and oxygen atoms in total. The van der Waals surface area contributed by atoms with Gasteiger partial charge in [0.05, 0.1) is 6.61 Å². The van der Waals surface area contributed by atoms with E-state index in [2.05, 4.69) is 31.2 Å². The topological polar surface area (TPSA) is 55.6 Å². The van der Waals surface area contributed by atoms with Crippen LogP contribution < -0.4 is 5.73 Å². The molecule has 0 aliphatic heterocycles. The van der Waals surface area contributed by atoms with E-state index in [4.69, 9.17) is 10.5 Å². The van der Waals surface area contributed by atoms with Crippen molar-refractivity contribution in [1.29, 1.82) is 0 Å². The van der Waals surface area contributed by atoms with E-state index in [0.29, 0.717) is 25.7 Å². The zero-order valence-corrected chi connectivity index (χ0v) is 11.5. The van der Waals surface area contributed by atoms with Gasteiger partial charge in [-0.3, -0.25) is 4.79 Å². The van der Waals surface area contributed by atoms with Crippen LogP contribution in [0.5, 0.6) is 0 Å². The monoisotopic (exact) mass is 262 g/mol. The van der Waals surface area contributed by atoms with E-state index < -0.39 is 0 Å². The molecule has 1 aromatic carbocycles. The minimum Gasteiger partial charge on any atom is -0.370 e. The SMILES string of the molecule is Cc1ccc(CN(C(=O)COCCN)C2CC2)cc1. The number of nitrogens with two attached hydrogens (primary N) is 1. The zero-order valence-electron chi connectivity index (χ0n) is 11.5. The standard InChI is InChI=1S/C15H22N2O2/c1-12-2-4-13(5-3-12)10-17(14-6-7-14)15(18)11-19-9-8-16/h2-5,14H,6-11,16H2,1H3. The number of hydrogen-bond donors (Lipinski definition) is 1. The average Bonchev–Trinajstić information content (AvgIpc) is 3.22. The fourth-order valence-corrected chi connectivity index (χ4v) is 2.02. The van der Waals surface area contributed by atoms with E-state index in [1.807, 2.05) is 4.90 Å². The molecule has 0 bridgehead atoms. The average molecular weight is 262 g/mol. The second-order valence-corrected chi connectivity index (χ2v) is 5.08. The van der Waals surface area contributed by atoms with Crippen LogP contribution in [0.1, 0.15) is 24.0 Å². The van der Waals surface area contributed by atoms with Crippen molar-refractivity contribution < 1.29 is 9.53 Å². The van der Waals surface area contributed by atoms with E-state index >= 15 is 0 Å². The first-order valence-corrected chi connectivity index (χ1v) is 6.83. The predicted octanol–water partition coefficient (Wildman–Crippen LogP) is 1.46. The Kier molecular flexibility index (Phi) is 4.93. The van der Waals surface area contributed by atoms with Crippen LogP contribution in [0.25, 0.3) is 0 Å². The lowest BCUT2D eigenvalue weighted by Crippen LogP contribution is -2.35. The van der Waals surface area contributed by atoms with Crippen molar-refractivity contribution in [2.45, 2.75) is 32.4 Å². The van der Waals surface area contributed by atoms with Crippen LogP contribution in [0.4, 0.5) is 0 Å². The van der Waals surface area contributed by atoms with Gasteiger partial charge in [0.15, 0.2) is 0 Å². The lowest BCUT2D eigenvalue weighted by molar-refractivity contribution is -0.137. The van der Waals surface area contributed by atoms with Crippen LogP contribution in [-0.2, 0) is 16.1 Å². The number of benzene rings is 1. The summed E-state index contributed by atoms with van der Waals surface area (Å²) < 4.78 is 5.24. The van der Waals surface area contributed by atoms with E-state index in [-0.39, 0.29) is 12.5 Å². The quantitative estimate of drug-likeness (QED) is 0.757. The normalized spacial score (nSPS) is 14.4. The fourth-order valence-electron chi connectivity index (χ4n) is 2.02. The first-order chi connectivity index (χ1) is 9.20. The molecule has 1 aromatic rings. The zero-order chi connectivity index (χ0) is 13.7. The fraction of sp³-hybridized carbons (Fsp3) is 0.533. The predicted molar refractivity (Wildman–Crippen MR) is 74.6 cm³/mol. The van der Waals surface area contributed by atoms with Crippen molar-refractivity contribution in [2.24, 2.45) is 5.73 Å². The van der Waals surface area contributed by atoms with Gasteiger partial charge in [0, 0.05) is 19.1 Å². The Morgan fingerprint density at radius 3 is 2.63 bits per heavy atom. The number of hydrogen-bond acceptors (Lipinski definition) is 3. The van der Waals surface area contributed by atoms with Crippen molar-refractivity contribution in [3.05, 3.63) is 35.4 Å². The minimum atomic E-state index is 0.0662. The summed E-state index contributed by atoms with van der Waals surface area (Å²) in [6, 6.07) is 8.72. The van der Waals surface area contributed by atoms with Gasteiger partial charge in [0.2, 0.25) is 5.91 Å². The Morgan fingerprint density at radius 1 is 1.37 bits per heavy atom. The maximum absolute atomic E-state index is 12.1. The molecular weight excluding hydrogens is 240 g/mol. The van der Waals surface area contributed by atoms with E-state index in [1.54, 1.807) is 0 Å². The number of nitrogens with zero attached hydrogens (tertiary/aromatic N) is 1. The molecule has 0 unspecified atom stereocenters. The summed E-state index contributed by atoms with van der Waals surface area (Å²) in [6.45, 7) is 3.77. The molecule has 4 heteroatoms. The third-order valence-corrected chi connectivity index (χ3v) is 3.27. The summed E-state index contributed by atoms with van der Waals surface area (Å²) in [5.74, 6) is 0.0662. The van der Waals surface area contributed by atoms with E-state index in [1.165, 1.54) is 11.1 Å². The maximum Gasteiger partial charge on any atom is 0.249 e. The minimum absolute atomic E-state index is 0.0662. The van der Waals surface area contributed by atoms with Crippen molar-refractivity contribution in [2.75, 3.05) is 19.8 Å². The number of ether oxygens (including phenoxy) is 1. The van der Waals surface area contributed by atoms with Crippen LogP contribution in [0, 0.1) is 6.92 Å². The molecule has 104 valence electrons. The molecule has 1 amide bonds. The lowest BCUT2D eigenvalue weighted by atomic mass is 10.1. The van der Waals surface area contributed by atoms with Gasteiger partial charge in [-0.1, -0.05) is 29.8 Å². The molecular formula is C15H22N2O2. The Labute approximate surface area is 114 Å². The Balaban J connectivity index is 1.92. The van der Waals surface area contributed by atoms with Crippen LogP contribution >= 0.6 is 0 Å². The third-order valence-electron chi connectivity index (χ3n) is 3.27. The smallest absolute Gasteiger partial charge is 0.249 e. The molecule has 0 heterocycles. The molecule has 1 aliphatic rings. The molecule has 1 saturated carbocycles. The molecule has 0 spiro atoms. The van der Waals surface area contributed by atoms with Gasteiger partial charge in [-0.05, 0) is 25.3 Å². The van der Waals surface area contributed by atoms with Gasteiger partial charge in [-0.2, -0.15) is 0 Å². The van der Waals surface area contributed by atoms with Gasteiger partial charge < -0.3 is 15.4 Å². The Bertz CT molecular complexity index is 413. The molecule has 1 aliphatic carbocycles. The van der Waals surface area contributed by atoms with E-state index in [0.717, 1.165) is 12.8 Å². The molecule has 0 radical (unpaired) electrons. The summed E-state index contributed by atoms with van der Waals surface area (Å²) in [7, 11) is 0. The van der Waals surface area contributed by atoms with Crippen LogP contribution in [0.15, 0.2) is 24.3 Å². The van der Waals surface area contributed by atoms with Gasteiger partial charge in [-0.15, -0.1) is 0 Å². The highest BCUT2D eigenvalue weighted by Gasteiger charge is 2.32. The number of carbonyl (C=O) groups is 1. The highest BCUT2D eigenvalue weighted by atomic mass is 16.5. The number of aryl methyl sites for hydroxylation is 1. The van der Waals surface area contributed by atoms with Crippen molar-refractivity contribution in [1.82, 2.24) is 4.90 Å². The van der Waals surface area contributed by atoms with Crippen LogP contribution in [-0.4, -0.2) is 36.6 Å². The first-order valence-electron chi connectivity index (χ1n) is 6.83. The van der Waals surface area contributed by atoms with Gasteiger partial charge in [-0.25, -0.2) is 0 Å². The Morgan fingerprint density at radius 2 is 2.05 bits per heavy atom. The summed E-state index contributed by atoms with van der Waals surface area (Å²) in [5, 5.41) is 0. The van der Waals surface area contributed by atoms with Crippen LogP contribution in [0.2, 0.25) is 0 Å². The molecule has 2 rings (SSSR count). The summed E-state index contributed by atoms with van der Waals surface area (Å²) in [4.78, 5) is 14.1. The van der Waals surface area contributed by atoms with Gasteiger partial charge in [0.25, 0.3) is 0 Å². The Hall–Kier alpha value is -1.39. The number of rotatable bonds is 7. The van der Waals surface area contributed by atoms with Crippen molar-refractivity contribution in [3.63, 3.8) is 0 Å². The largest absolute Gasteiger partial charge is 0.370 e. The van der Waals surface area contributed by atoms with E-state index in [9.17, 15) is 4.79 Å². The molecule has 0 atom stereocenters. The van der Waals surface area contributed by atoms with Gasteiger partial charge >= 0.3 is 0 Å². The molecule has 19 heavy (non-hydrogen) atoms. The first kappa shape index (κ1) is 14.0. The molecule has 0 aromatic heterocycles. The highest BCUT2D eigenvalue weighted by molar-refractivity contribution is 5.78. The second-order valence-electron chi connectivity index (χ2n) is 5.08. The number of carbonyl (C=O) groups excluding carboxylic acids is 1. The van der Waals surface area contributed by atoms with Crippen molar-refractivity contribution in [3.8, 4) is 0 Å². The third kappa shape index (κ3) is 4.33. The van der Waals surface area contributed by atoms with Gasteiger partial charge in [0.1, 0.15) is 6.61 Å². The maximum atomic E-state index is 12.1. The summed E-state index contributed by atoms with van der Waals surface area (Å²) in [6.07, 6.45) is 2.21. The molecule has 0 saturated heterocycles. The molecule has 2 N–H and O–H groups in total. The number of amides is 1. The summed E-state index contributed by atoms with van der Waals surface area (Å²) in [5.41, 5.74) is 7.76. The van der Waals surface area contributed by atoms with Crippen molar-refractivity contribution >= 4 is 5.91 Å².